The summed E-state index contributed by atoms with van der Waals surface area (Å²) in [6.45, 7) is 2.04. The zero-order valence-electron chi connectivity index (χ0n) is 14.3. The Morgan fingerprint density at radius 3 is 3.04 bits per heavy atom. The summed E-state index contributed by atoms with van der Waals surface area (Å²) in [4.78, 5) is 17.1. The highest BCUT2D eigenvalue weighted by molar-refractivity contribution is 8.00. The fourth-order valence-electron chi connectivity index (χ4n) is 2.95. The normalized spacial score (nSPS) is 14.0. The van der Waals surface area contributed by atoms with Crippen molar-refractivity contribution in [3.63, 3.8) is 0 Å². The Morgan fingerprint density at radius 2 is 2.11 bits per heavy atom. The molecule has 27 heavy (non-hydrogen) atoms. The Morgan fingerprint density at radius 1 is 1.26 bits per heavy atom. The quantitative estimate of drug-likeness (QED) is 0.528. The number of H-pyrrole nitrogens is 1. The molecule has 5 rings (SSSR count). The van der Waals surface area contributed by atoms with Crippen molar-refractivity contribution in [2.75, 3.05) is 12.1 Å². The lowest BCUT2D eigenvalue weighted by Crippen LogP contribution is -2.22. The van der Waals surface area contributed by atoms with Gasteiger partial charge in [0.25, 0.3) is 0 Å². The van der Waals surface area contributed by atoms with Gasteiger partial charge in [0.15, 0.2) is 16.7 Å². The third kappa shape index (κ3) is 2.76. The Labute approximate surface area is 157 Å². The first-order valence-electron chi connectivity index (χ1n) is 8.38. The number of thioether (sulfide) groups is 1. The molecule has 1 amide bonds. The number of aromatic amines is 1. The van der Waals surface area contributed by atoms with Crippen LogP contribution in [-0.2, 0) is 4.79 Å². The molecule has 1 aliphatic heterocycles. The Hall–Kier alpha value is -3.20. The van der Waals surface area contributed by atoms with Crippen molar-refractivity contribution in [1.29, 1.82) is 0 Å². The molecule has 0 spiro atoms. The molecule has 0 saturated heterocycles. The second-order valence-electron chi connectivity index (χ2n) is 6.08. The third-order valence-corrected chi connectivity index (χ3v) is 5.35. The molecule has 1 aliphatic rings. The fraction of sp³-hybridized carbons (Fsp3) is 0.167. The molecule has 1 atom stereocenters. The van der Waals surface area contributed by atoms with Crippen molar-refractivity contribution in [3.8, 4) is 11.5 Å². The molecular weight excluding hydrogens is 366 g/mol. The monoisotopic (exact) mass is 381 g/mol. The molecule has 8 nitrogen and oxygen atoms in total. The van der Waals surface area contributed by atoms with Gasteiger partial charge in [0.2, 0.25) is 18.5 Å². The molecule has 0 aliphatic carbocycles. The molecule has 2 aromatic carbocycles. The van der Waals surface area contributed by atoms with E-state index in [4.69, 9.17) is 9.47 Å². The van der Waals surface area contributed by atoms with Gasteiger partial charge in [-0.05, 0) is 31.2 Å². The predicted molar refractivity (Wildman–Crippen MR) is 101 cm³/mol. The smallest absolute Gasteiger partial charge is 0.237 e. The van der Waals surface area contributed by atoms with Gasteiger partial charge in [-0.2, -0.15) is 0 Å². The number of carbonyl (C=O) groups excluding carboxylic acids is 1. The molecule has 0 saturated carbocycles. The lowest BCUT2D eigenvalue weighted by Gasteiger charge is -2.11. The summed E-state index contributed by atoms with van der Waals surface area (Å²) in [6.07, 6.45) is 0. The molecule has 2 aromatic heterocycles. The average molecular weight is 381 g/mol. The first-order valence-corrected chi connectivity index (χ1v) is 9.26. The van der Waals surface area contributed by atoms with Crippen molar-refractivity contribution in [2.45, 2.75) is 17.3 Å². The number of anilines is 1. The minimum atomic E-state index is -0.358. The lowest BCUT2D eigenvalue weighted by atomic mass is 10.2. The third-order valence-electron chi connectivity index (χ3n) is 4.30. The first-order chi connectivity index (χ1) is 13.2. The van der Waals surface area contributed by atoms with Gasteiger partial charge in [0.05, 0.1) is 16.3 Å². The molecule has 9 heteroatoms. The van der Waals surface area contributed by atoms with E-state index < -0.39 is 0 Å². The molecule has 3 heterocycles. The second kappa shape index (κ2) is 6.20. The summed E-state index contributed by atoms with van der Waals surface area (Å²) in [5.74, 6) is 1.84. The van der Waals surface area contributed by atoms with Gasteiger partial charge >= 0.3 is 0 Å². The van der Waals surface area contributed by atoms with Crippen molar-refractivity contribution in [3.05, 3.63) is 42.5 Å². The number of nitrogens with zero attached hydrogens (tertiary/aromatic N) is 3. The molecule has 0 fully saturated rings. The number of para-hydroxylation sites is 2. The van der Waals surface area contributed by atoms with E-state index in [1.54, 1.807) is 18.2 Å². The van der Waals surface area contributed by atoms with Gasteiger partial charge in [-0.1, -0.05) is 23.9 Å². The van der Waals surface area contributed by atoms with E-state index in [0.29, 0.717) is 28.1 Å². The van der Waals surface area contributed by atoms with Gasteiger partial charge in [0.1, 0.15) is 0 Å². The zero-order valence-corrected chi connectivity index (χ0v) is 15.1. The van der Waals surface area contributed by atoms with Gasteiger partial charge < -0.3 is 14.8 Å². The van der Waals surface area contributed by atoms with E-state index in [0.717, 1.165) is 11.0 Å². The summed E-state index contributed by atoms with van der Waals surface area (Å²) in [5, 5.41) is 10.5. The van der Waals surface area contributed by atoms with Gasteiger partial charge in [0, 0.05) is 11.8 Å². The summed E-state index contributed by atoms with van der Waals surface area (Å²) < 4.78 is 12.5. The summed E-state index contributed by atoms with van der Waals surface area (Å²) in [7, 11) is 0. The summed E-state index contributed by atoms with van der Waals surface area (Å²) in [5.41, 5.74) is 2.49. The summed E-state index contributed by atoms with van der Waals surface area (Å²) >= 11 is 1.36. The maximum absolute atomic E-state index is 12.6. The standard InChI is InChI=1S/C18H15N5O3S/c1-10(16(24)19-11-6-7-14-15(8-11)26-9-25-14)27-18-22-21-17-20-12-4-2-3-5-13(12)23(17)18/h2-8,10H,9H2,1H3,(H,19,24)(H,20,21)/t10-/m0/s1. The second-order valence-corrected chi connectivity index (χ2v) is 7.39. The van der Waals surface area contributed by atoms with Crippen LogP contribution in [0.5, 0.6) is 11.5 Å². The van der Waals surface area contributed by atoms with Crippen molar-refractivity contribution >= 4 is 40.2 Å². The van der Waals surface area contributed by atoms with Crippen LogP contribution < -0.4 is 14.8 Å². The van der Waals surface area contributed by atoms with Gasteiger partial charge in [-0.3, -0.25) is 9.20 Å². The van der Waals surface area contributed by atoms with Crippen LogP contribution in [0.15, 0.2) is 47.6 Å². The number of hydrogen-bond donors (Lipinski definition) is 2. The minimum Gasteiger partial charge on any atom is -0.454 e. The van der Waals surface area contributed by atoms with Crippen LogP contribution in [0.3, 0.4) is 0 Å². The van der Waals surface area contributed by atoms with E-state index in [1.807, 2.05) is 35.6 Å². The van der Waals surface area contributed by atoms with Gasteiger partial charge in [-0.25, -0.2) is 10.1 Å². The van der Waals surface area contributed by atoms with Crippen LogP contribution in [0.25, 0.3) is 16.8 Å². The van der Waals surface area contributed by atoms with Crippen molar-refractivity contribution in [1.82, 2.24) is 19.6 Å². The number of nitrogens with one attached hydrogen (secondary N) is 2. The number of rotatable bonds is 4. The molecule has 0 radical (unpaired) electrons. The number of aromatic nitrogens is 4. The molecule has 2 N–H and O–H groups in total. The topological polar surface area (TPSA) is 93.5 Å². The van der Waals surface area contributed by atoms with E-state index in [1.165, 1.54) is 11.8 Å². The van der Waals surface area contributed by atoms with E-state index in [9.17, 15) is 4.79 Å². The molecule has 0 bridgehead atoms. The number of fused-ring (bicyclic) bond motifs is 4. The van der Waals surface area contributed by atoms with Crippen molar-refractivity contribution in [2.24, 2.45) is 0 Å². The maximum atomic E-state index is 12.6. The van der Waals surface area contributed by atoms with E-state index in [-0.39, 0.29) is 18.0 Å². The number of hydrogen-bond acceptors (Lipinski definition) is 6. The van der Waals surface area contributed by atoms with Crippen LogP contribution in [0.2, 0.25) is 0 Å². The highest BCUT2D eigenvalue weighted by atomic mass is 32.2. The van der Waals surface area contributed by atoms with E-state index in [2.05, 4.69) is 20.5 Å². The predicted octanol–water partition coefficient (Wildman–Crippen LogP) is 3.06. The van der Waals surface area contributed by atoms with Crippen LogP contribution in [0.4, 0.5) is 5.69 Å². The number of imidazole rings is 1. The maximum Gasteiger partial charge on any atom is 0.237 e. The van der Waals surface area contributed by atoms with Crippen LogP contribution >= 0.6 is 11.8 Å². The van der Waals surface area contributed by atoms with Crippen LogP contribution in [-0.4, -0.2) is 37.5 Å². The Bertz CT molecular complexity index is 1170. The minimum absolute atomic E-state index is 0.126. The Kier molecular flexibility index (Phi) is 3.68. The number of ether oxygens (including phenoxy) is 2. The van der Waals surface area contributed by atoms with Crippen LogP contribution in [0.1, 0.15) is 6.92 Å². The largest absolute Gasteiger partial charge is 0.454 e. The molecule has 0 unspecified atom stereocenters. The molecule has 4 aromatic rings. The fourth-order valence-corrected chi connectivity index (χ4v) is 3.82. The van der Waals surface area contributed by atoms with Crippen LogP contribution in [0, 0.1) is 0 Å². The highest BCUT2D eigenvalue weighted by Gasteiger charge is 2.21. The number of carbonyl (C=O) groups is 1. The van der Waals surface area contributed by atoms with Gasteiger partial charge in [-0.15, -0.1) is 5.10 Å². The van der Waals surface area contributed by atoms with E-state index >= 15 is 0 Å². The average Bonchev–Trinajstić information content (AvgIpc) is 3.37. The molecule has 136 valence electrons. The molecular formula is C18H15N5O3S. The number of amides is 1. The SMILES string of the molecule is C[C@H](Sc1n[nH]c2nc3ccccc3n12)C(=O)Nc1ccc2c(c1)OCO2. The Balaban J connectivity index is 1.36. The lowest BCUT2D eigenvalue weighted by molar-refractivity contribution is -0.115. The number of benzene rings is 2. The zero-order chi connectivity index (χ0) is 18.4. The summed E-state index contributed by atoms with van der Waals surface area (Å²) in [6, 6.07) is 13.1. The first kappa shape index (κ1) is 16.0. The highest BCUT2D eigenvalue weighted by Crippen LogP contribution is 2.34. The van der Waals surface area contributed by atoms with Crippen molar-refractivity contribution < 1.29 is 14.3 Å².